The predicted molar refractivity (Wildman–Crippen MR) is 125 cm³/mol. The molecule has 0 bridgehead atoms. The van der Waals surface area contributed by atoms with Crippen LogP contribution in [-0.4, -0.2) is 37.3 Å². The molecular formula is C24H17ClN6O2. The Balaban J connectivity index is 1.34. The van der Waals surface area contributed by atoms with Crippen LogP contribution < -0.4 is 10.1 Å². The lowest BCUT2D eigenvalue weighted by atomic mass is 10.1. The highest BCUT2D eigenvalue weighted by Crippen LogP contribution is 2.23. The molecule has 0 atom stereocenters. The number of halogens is 1. The molecule has 0 saturated carbocycles. The number of ether oxygens (including phenoxy) is 1. The highest BCUT2D eigenvalue weighted by Gasteiger charge is 2.12. The van der Waals surface area contributed by atoms with E-state index in [1.165, 1.54) is 0 Å². The van der Waals surface area contributed by atoms with Gasteiger partial charge in [-0.05, 0) is 60.7 Å². The van der Waals surface area contributed by atoms with Crippen LogP contribution in [0.5, 0.6) is 5.75 Å². The van der Waals surface area contributed by atoms with Gasteiger partial charge in [-0.3, -0.25) is 9.78 Å². The van der Waals surface area contributed by atoms with Gasteiger partial charge >= 0.3 is 0 Å². The molecule has 5 aromatic rings. The van der Waals surface area contributed by atoms with E-state index in [1.54, 1.807) is 41.2 Å². The third kappa shape index (κ3) is 4.65. The van der Waals surface area contributed by atoms with Gasteiger partial charge in [0.2, 0.25) is 0 Å². The summed E-state index contributed by atoms with van der Waals surface area (Å²) in [5.74, 6) is 0.895. The quantitative estimate of drug-likeness (QED) is 0.403. The van der Waals surface area contributed by atoms with Crippen LogP contribution in [0.4, 0.5) is 5.69 Å². The van der Waals surface area contributed by atoms with Crippen LogP contribution in [-0.2, 0) is 4.79 Å². The van der Waals surface area contributed by atoms with Crippen molar-refractivity contribution in [3.8, 4) is 28.4 Å². The fourth-order valence-electron chi connectivity index (χ4n) is 3.25. The van der Waals surface area contributed by atoms with E-state index in [-0.39, 0.29) is 12.5 Å². The van der Waals surface area contributed by atoms with E-state index >= 15 is 0 Å². The molecular weight excluding hydrogens is 440 g/mol. The van der Waals surface area contributed by atoms with Crippen LogP contribution in [0.15, 0.2) is 85.2 Å². The van der Waals surface area contributed by atoms with E-state index in [0.717, 1.165) is 11.1 Å². The first-order valence-corrected chi connectivity index (χ1v) is 10.4. The van der Waals surface area contributed by atoms with Gasteiger partial charge < -0.3 is 10.1 Å². The average molecular weight is 457 g/mol. The number of amides is 1. The Hall–Kier alpha value is -4.30. The van der Waals surface area contributed by atoms with Gasteiger partial charge in [-0.25, -0.2) is 0 Å². The summed E-state index contributed by atoms with van der Waals surface area (Å²) in [6.07, 6.45) is 3.42. The van der Waals surface area contributed by atoms with Gasteiger partial charge in [0, 0.05) is 34.2 Å². The number of hydrogen-bond donors (Lipinski definition) is 1. The van der Waals surface area contributed by atoms with Crippen molar-refractivity contribution in [2.45, 2.75) is 0 Å². The van der Waals surface area contributed by atoms with Gasteiger partial charge in [0.05, 0.1) is 5.69 Å². The van der Waals surface area contributed by atoms with E-state index in [0.29, 0.717) is 33.6 Å². The summed E-state index contributed by atoms with van der Waals surface area (Å²) < 4.78 is 7.18. The van der Waals surface area contributed by atoms with Crippen molar-refractivity contribution >= 4 is 28.8 Å². The second kappa shape index (κ2) is 9.05. The minimum absolute atomic E-state index is 0.120. The fraction of sp³-hybridized carbons (Fsp3) is 0.0417. The standard InChI is InChI=1S/C24H17ClN6O2/c25-18-6-8-20(9-7-18)33-15-23(32)27-19-5-1-3-16(13-19)21-10-11-22-28-29-24(31(22)30-21)17-4-2-12-26-14-17/h1-14H,15H2,(H,27,32). The van der Waals surface area contributed by atoms with Crippen molar-refractivity contribution in [3.63, 3.8) is 0 Å². The molecule has 0 fully saturated rings. The first kappa shape index (κ1) is 20.6. The smallest absolute Gasteiger partial charge is 0.262 e. The topological polar surface area (TPSA) is 94.3 Å². The normalized spacial score (nSPS) is 10.8. The van der Waals surface area contributed by atoms with E-state index in [4.69, 9.17) is 21.4 Å². The van der Waals surface area contributed by atoms with Crippen LogP contribution in [0.2, 0.25) is 5.02 Å². The Kier molecular flexibility index (Phi) is 5.65. The molecule has 3 heterocycles. The summed E-state index contributed by atoms with van der Waals surface area (Å²) in [6, 6.07) is 21.7. The Labute approximate surface area is 193 Å². The Morgan fingerprint density at radius 3 is 2.64 bits per heavy atom. The number of aromatic nitrogens is 5. The highest BCUT2D eigenvalue weighted by atomic mass is 35.5. The monoisotopic (exact) mass is 456 g/mol. The zero-order chi connectivity index (χ0) is 22.6. The van der Waals surface area contributed by atoms with Gasteiger partial charge in [-0.15, -0.1) is 10.2 Å². The summed E-state index contributed by atoms with van der Waals surface area (Å²) in [5, 5.41) is 16.6. The second-order valence-electron chi connectivity index (χ2n) is 7.13. The molecule has 0 radical (unpaired) electrons. The number of anilines is 1. The van der Waals surface area contributed by atoms with Crippen molar-refractivity contribution in [2.75, 3.05) is 11.9 Å². The lowest BCUT2D eigenvalue weighted by Crippen LogP contribution is -2.20. The Bertz CT molecular complexity index is 1420. The zero-order valence-electron chi connectivity index (χ0n) is 17.2. The van der Waals surface area contributed by atoms with Crippen LogP contribution in [0.1, 0.15) is 0 Å². The van der Waals surface area contributed by atoms with E-state index in [2.05, 4.69) is 20.5 Å². The first-order valence-electron chi connectivity index (χ1n) is 10.1. The highest BCUT2D eigenvalue weighted by molar-refractivity contribution is 6.30. The lowest BCUT2D eigenvalue weighted by Gasteiger charge is -2.09. The minimum atomic E-state index is -0.275. The Morgan fingerprint density at radius 2 is 1.82 bits per heavy atom. The van der Waals surface area contributed by atoms with Gasteiger partial charge in [-0.2, -0.15) is 9.61 Å². The molecule has 3 aromatic heterocycles. The number of nitrogens with zero attached hydrogens (tertiary/aromatic N) is 5. The molecule has 8 nitrogen and oxygen atoms in total. The third-order valence-electron chi connectivity index (χ3n) is 4.81. The predicted octanol–water partition coefficient (Wildman–Crippen LogP) is 4.52. The third-order valence-corrected chi connectivity index (χ3v) is 5.06. The number of fused-ring (bicyclic) bond motifs is 1. The molecule has 162 valence electrons. The van der Waals surface area contributed by atoms with Crippen LogP contribution in [0.25, 0.3) is 28.3 Å². The van der Waals surface area contributed by atoms with Crippen molar-refractivity contribution in [2.24, 2.45) is 0 Å². The summed E-state index contributed by atoms with van der Waals surface area (Å²) in [7, 11) is 0. The molecule has 5 rings (SSSR count). The van der Waals surface area contributed by atoms with Gasteiger partial charge in [0.15, 0.2) is 18.1 Å². The fourth-order valence-corrected chi connectivity index (χ4v) is 3.38. The second-order valence-corrected chi connectivity index (χ2v) is 7.56. The lowest BCUT2D eigenvalue weighted by molar-refractivity contribution is -0.118. The number of nitrogens with one attached hydrogen (secondary N) is 1. The average Bonchev–Trinajstić information content (AvgIpc) is 3.28. The first-order chi connectivity index (χ1) is 16.2. The maximum Gasteiger partial charge on any atom is 0.262 e. The van der Waals surface area contributed by atoms with Gasteiger partial charge in [-0.1, -0.05) is 23.7 Å². The molecule has 0 unspecified atom stereocenters. The van der Waals surface area contributed by atoms with Crippen molar-refractivity contribution in [3.05, 3.63) is 90.2 Å². The summed E-state index contributed by atoms with van der Waals surface area (Å²) in [5.41, 5.74) is 3.62. The summed E-state index contributed by atoms with van der Waals surface area (Å²) >= 11 is 5.86. The molecule has 2 aromatic carbocycles. The zero-order valence-corrected chi connectivity index (χ0v) is 18.0. The minimum Gasteiger partial charge on any atom is -0.484 e. The van der Waals surface area contributed by atoms with E-state index < -0.39 is 0 Å². The van der Waals surface area contributed by atoms with Gasteiger partial charge in [0.1, 0.15) is 5.75 Å². The molecule has 33 heavy (non-hydrogen) atoms. The van der Waals surface area contributed by atoms with Crippen LogP contribution >= 0.6 is 11.6 Å². The number of rotatable bonds is 6. The van der Waals surface area contributed by atoms with E-state index in [1.807, 2.05) is 48.5 Å². The van der Waals surface area contributed by atoms with Gasteiger partial charge in [0.25, 0.3) is 5.91 Å². The molecule has 0 saturated heterocycles. The number of benzene rings is 2. The number of carbonyl (C=O) groups excluding carboxylic acids is 1. The summed E-state index contributed by atoms with van der Waals surface area (Å²) in [6.45, 7) is -0.120. The molecule has 0 aliphatic heterocycles. The van der Waals surface area contributed by atoms with Crippen molar-refractivity contribution in [1.82, 2.24) is 24.8 Å². The SMILES string of the molecule is O=C(COc1ccc(Cl)cc1)Nc1cccc(-c2ccc3nnc(-c4cccnc4)n3n2)c1. The largest absolute Gasteiger partial charge is 0.484 e. The number of hydrogen-bond acceptors (Lipinski definition) is 6. The molecule has 0 spiro atoms. The molecule has 9 heteroatoms. The Morgan fingerprint density at radius 1 is 0.970 bits per heavy atom. The molecule has 0 aliphatic rings. The van der Waals surface area contributed by atoms with E-state index in [9.17, 15) is 4.79 Å². The summed E-state index contributed by atoms with van der Waals surface area (Å²) in [4.78, 5) is 16.5. The van der Waals surface area contributed by atoms with Crippen molar-refractivity contribution in [1.29, 1.82) is 0 Å². The molecule has 0 aliphatic carbocycles. The maximum absolute atomic E-state index is 12.3. The maximum atomic E-state index is 12.3. The van der Waals surface area contributed by atoms with Crippen LogP contribution in [0, 0.1) is 0 Å². The number of pyridine rings is 1. The number of carbonyl (C=O) groups is 1. The van der Waals surface area contributed by atoms with Crippen molar-refractivity contribution < 1.29 is 9.53 Å². The molecule has 1 amide bonds. The van der Waals surface area contributed by atoms with Crippen LogP contribution in [0.3, 0.4) is 0 Å². The molecule has 1 N–H and O–H groups in total.